The van der Waals surface area contributed by atoms with Crippen molar-refractivity contribution in [1.82, 2.24) is 5.32 Å². The van der Waals surface area contributed by atoms with Crippen molar-refractivity contribution in [1.29, 1.82) is 0 Å². The lowest BCUT2D eigenvalue weighted by molar-refractivity contribution is -0.142. The number of carbonyl (C=O) groups excluding carboxylic acids is 2. The summed E-state index contributed by atoms with van der Waals surface area (Å²) in [6, 6.07) is 9.64. The lowest BCUT2D eigenvalue weighted by atomic mass is 9.72. The van der Waals surface area contributed by atoms with Crippen LogP contribution >= 0.6 is 11.3 Å². The maximum Gasteiger partial charge on any atom is 0.336 e. The molecule has 190 valence electrons. The molecule has 1 N–H and O–H groups in total. The van der Waals surface area contributed by atoms with E-state index in [0.717, 1.165) is 18.5 Å². The van der Waals surface area contributed by atoms with Crippen molar-refractivity contribution in [2.24, 2.45) is 0 Å². The number of Topliss-reactive ketones (excluding diaryl/α,β-unsaturated/α-hetero) is 1. The van der Waals surface area contributed by atoms with E-state index in [0.29, 0.717) is 53.4 Å². The minimum atomic E-state index is -0.625. The molecule has 0 saturated carbocycles. The number of benzene rings is 1. The second-order valence-corrected chi connectivity index (χ2v) is 10.3. The summed E-state index contributed by atoms with van der Waals surface area (Å²) < 4.78 is 22.7. The van der Waals surface area contributed by atoms with Gasteiger partial charge in [0.25, 0.3) is 0 Å². The quantitative estimate of drug-likeness (QED) is 0.534. The van der Waals surface area contributed by atoms with Gasteiger partial charge >= 0.3 is 5.97 Å². The van der Waals surface area contributed by atoms with Gasteiger partial charge in [0.2, 0.25) is 0 Å². The van der Waals surface area contributed by atoms with Gasteiger partial charge in [-0.05, 0) is 43.7 Å². The highest BCUT2D eigenvalue weighted by molar-refractivity contribution is 7.10. The van der Waals surface area contributed by atoms with E-state index in [-0.39, 0.29) is 24.4 Å². The van der Waals surface area contributed by atoms with Gasteiger partial charge < -0.3 is 24.3 Å². The van der Waals surface area contributed by atoms with Crippen LogP contribution in [0, 0.1) is 0 Å². The van der Waals surface area contributed by atoms with Gasteiger partial charge in [0.15, 0.2) is 17.3 Å². The zero-order chi connectivity index (χ0) is 25.2. The number of ether oxygens (including phenoxy) is 4. The van der Waals surface area contributed by atoms with Gasteiger partial charge in [0.1, 0.15) is 6.61 Å². The van der Waals surface area contributed by atoms with Crippen molar-refractivity contribution >= 4 is 23.1 Å². The molecule has 0 amide bonds. The van der Waals surface area contributed by atoms with Crippen LogP contribution in [0.5, 0.6) is 11.5 Å². The molecule has 1 aromatic heterocycles. The van der Waals surface area contributed by atoms with Gasteiger partial charge in [0.05, 0.1) is 31.8 Å². The van der Waals surface area contributed by atoms with Crippen LogP contribution in [-0.4, -0.2) is 45.3 Å². The molecule has 0 spiro atoms. The second kappa shape index (κ2) is 10.5. The predicted molar refractivity (Wildman–Crippen MR) is 136 cm³/mol. The number of ketones is 1. The van der Waals surface area contributed by atoms with Crippen molar-refractivity contribution in [3.05, 3.63) is 68.7 Å². The first-order valence-electron chi connectivity index (χ1n) is 12.3. The molecule has 5 rings (SSSR count). The molecular weight excluding hydrogens is 478 g/mol. The maximum atomic E-state index is 13.8. The van der Waals surface area contributed by atoms with E-state index >= 15 is 0 Å². The van der Waals surface area contributed by atoms with Crippen LogP contribution in [0.1, 0.15) is 54.9 Å². The number of hydrogen-bond donors (Lipinski definition) is 1. The number of thiophene rings is 1. The van der Waals surface area contributed by atoms with Gasteiger partial charge in [-0.15, -0.1) is 11.3 Å². The van der Waals surface area contributed by atoms with Crippen molar-refractivity contribution in [2.45, 2.75) is 50.5 Å². The Hall–Kier alpha value is -3.10. The summed E-state index contributed by atoms with van der Waals surface area (Å²) >= 11 is 1.67. The number of nitrogens with one attached hydrogen (secondary N) is 1. The molecular formula is C28H31NO6S. The average Bonchev–Trinajstić information content (AvgIpc) is 3.60. The Morgan fingerprint density at radius 1 is 1.17 bits per heavy atom. The number of methoxy groups -OCH3 is 2. The average molecular weight is 510 g/mol. The molecule has 0 unspecified atom stereocenters. The van der Waals surface area contributed by atoms with E-state index in [1.807, 2.05) is 30.5 Å². The van der Waals surface area contributed by atoms with Crippen molar-refractivity contribution in [3.8, 4) is 11.5 Å². The summed E-state index contributed by atoms with van der Waals surface area (Å²) in [5.41, 5.74) is 3.26. The first-order chi connectivity index (χ1) is 17.5. The van der Waals surface area contributed by atoms with Crippen LogP contribution in [0.25, 0.3) is 0 Å². The Morgan fingerprint density at radius 2 is 2.03 bits per heavy atom. The van der Waals surface area contributed by atoms with E-state index in [1.54, 1.807) is 31.6 Å². The highest BCUT2D eigenvalue weighted by atomic mass is 32.1. The predicted octanol–water partition coefficient (Wildman–Crippen LogP) is 4.85. The number of allylic oxidation sites excluding steroid dienone is 3. The normalized spacial score (nSPS) is 23.9. The molecule has 3 heterocycles. The van der Waals surface area contributed by atoms with Crippen LogP contribution in [-0.2, 0) is 19.1 Å². The Bertz CT molecular complexity index is 1210. The summed E-state index contributed by atoms with van der Waals surface area (Å²) in [6.07, 6.45) is 2.83. The molecule has 2 aliphatic heterocycles. The van der Waals surface area contributed by atoms with Crippen LogP contribution in [0.2, 0.25) is 0 Å². The maximum absolute atomic E-state index is 13.8. The lowest BCUT2D eigenvalue weighted by Crippen LogP contribution is -2.36. The highest BCUT2D eigenvalue weighted by Crippen LogP contribution is 2.49. The minimum Gasteiger partial charge on any atom is -0.493 e. The Labute approximate surface area is 215 Å². The molecule has 3 atom stereocenters. The summed E-state index contributed by atoms with van der Waals surface area (Å²) in [5, 5.41) is 5.44. The second-order valence-electron chi connectivity index (χ2n) is 9.35. The molecule has 3 aliphatic rings. The van der Waals surface area contributed by atoms with Crippen molar-refractivity contribution < 1.29 is 28.5 Å². The Kier molecular flexibility index (Phi) is 7.16. The van der Waals surface area contributed by atoms with Crippen LogP contribution < -0.4 is 14.8 Å². The summed E-state index contributed by atoms with van der Waals surface area (Å²) in [4.78, 5) is 28.5. The highest BCUT2D eigenvalue weighted by Gasteiger charge is 2.43. The zero-order valence-corrected chi connectivity index (χ0v) is 21.6. The summed E-state index contributed by atoms with van der Waals surface area (Å²) in [5.74, 6) is 0.0980. The molecule has 36 heavy (non-hydrogen) atoms. The minimum absolute atomic E-state index is 0.0222. The zero-order valence-electron chi connectivity index (χ0n) is 20.8. The fourth-order valence-corrected chi connectivity index (χ4v) is 6.34. The molecule has 1 saturated heterocycles. The van der Waals surface area contributed by atoms with Gasteiger partial charge in [-0.2, -0.15) is 0 Å². The molecule has 1 fully saturated rings. The van der Waals surface area contributed by atoms with Crippen LogP contribution in [0.3, 0.4) is 0 Å². The van der Waals surface area contributed by atoms with Crippen molar-refractivity contribution in [2.75, 3.05) is 27.4 Å². The number of rotatable bonds is 7. The monoisotopic (exact) mass is 509 g/mol. The molecule has 1 aromatic carbocycles. The van der Waals surface area contributed by atoms with Gasteiger partial charge in [-0.3, -0.25) is 4.79 Å². The van der Waals surface area contributed by atoms with Crippen molar-refractivity contribution in [3.63, 3.8) is 0 Å². The van der Waals surface area contributed by atoms with Gasteiger partial charge in [-0.25, -0.2) is 4.79 Å². The Balaban J connectivity index is 1.57. The fraction of sp³-hybridized carbons (Fsp3) is 0.429. The molecule has 0 bridgehead atoms. The number of hydrogen-bond acceptors (Lipinski definition) is 8. The van der Waals surface area contributed by atoms with E-state index in [2.05, 4.69) is 11.4 Å². The summed E-state index contributed by atoms with van der Waals surface area (Å²) in [7, 11) is 3.14. The smallest absolute Gasteiger partial charge is 0.336 e. The van der Waals surface area contributed by atoms with E-state index in [1.165, 1.54) is 4.88 Å². The molecule has 7 nitrogen and oxygen atoms in total. The number of carbonyl (C=O) groups is 2. The van der Waals surface area contributed by atoms with Crippen LogP contribution in [0.4, 0.5) is 0 Å². The molecule has 8 heteroatoms. The number of para-hydroxylation sites is 1. The van der Waals surface area contributed by atoms with Gasteiger partial charge in [-0.1, -0.05) is 18.2 Å². The third kappa shape index (κ3) is 4.55. The topological polar surface area (TPSA) is 83.1 Å². The first kappa shape index (κ1) is 24.6. The van der Waals surface area contributed by atoms with E-state index in [4.69, 9.17) is 18.9 Å². The Morgan fingerprint density at radius 3 is 2.72 bits per heavy atom. The largest absolute Gasteiger partial charge is 0.493 e. The first-order valence-corrected chi connectivity index (χ1v) is 13.2. The van der Waals surface area contributed by atoms with E-state index < -0.39 is 11.9 Å². The molecule has 1 aliphatic carbocycles. The molecule has 2 aromatic rings. The van der Waals surface area contributed by atoms with Gasteiger partial charge in [0, 0.05) is 46.4 Å². The third-order valence-electron chi connectivity index (χ3n) is 7.16. The third-order valence-corrected chi connectivity index (χ3v) is 8.20. The van der Waals surface area contributed by atoms with E-state index in [9.17, 15) is 9.59 Å². The number of esters is 1. The summed E-state index contributed by atoms with van der Waals surface area (Å²) in [6.45, 7) is 2.74. The SMILES string of the molecule is COc1cccc([C@H]2C(C(=O)OC[C@@H]3CCCO3)=C(C)NC3=C2C(=O)C[C@H](c2cccs2)C3)c1OC. The lowest BCUT2D eigenvalue weighted by Gasteiger charge is -2.37. The molecule has 0 radical (unpaired) electrons. The number of dihydropyridines is 1. The standard InChI is InChI=1S/C28H31NO6S/c1-16-24(28(31)35-15-18-7-5-11-34-18)25(19-8-4-9-22(32-2)27(19)33-3)26-20(29-16)13-17(14-21(26)30)23-10-6-12-36-23/h4,6,8-10,12,17-18,25,29H,5,7,11,13-15H2,1-3H3/t17-,18+,25+/m1/s1. The fourth-order valence-electron chi connectivity index (χ4n) is 5.51. The van der Waals surface area contributed by atoms with Crippen LogP contribution in [0.15, 0.2) is 58.3 Å².